The smallest absolute Gasteiger partial charge is 0.343 e. The number of carbonyl (C=O) groups is 1. The topological polar surface area (TPSA) is 44.8 Å². The maximum absolute atomic E-state index is 11.3. The molecular formula is C25H23BO4S. The Morgan fingerprint density at radius 3 is 2.23 bits per heavy atom. The second kappa shape index (κ2) is 10.8. The molecule has 156 valence electrons. The first-order valence-electron chi connectivity index (χ1n) is 9.75. The molecule has 0 aliphatic heterocycles. The lowest BCUT2D eigenvalue weighted by Gasteiger charge is -2.12. The molecule has 0 aromatic heterocycles. The van der Waals surface area contributed by atoms with Gasteiger partial charge in [0.1, 0.15) is 26.0 Å². The number of thiol groups is 1. The van der Waals surface area contributed by atoms with Crippen molar-refractivity contribution in [3.8, 4) is 11.5 Å². The summed E-state index contributed by atoms with van der Waals surface area (Å²) in [5.74, 6) is 0.898. The van der Waals surface area contributed by atoms with Crippen LogP contribution in [-0.4, -0.2) is 34.1 Å². The highest BCUT2D eigenvalue weighted by molar-refractivity contribution is 7.80. The van der Waals surface area contributed by atoms with E-state index in [4.69, 9.17) is 17.3 Å². The molecule has 31 heavy (non-hydrogen) atoms. The van der Waals surface area contributed by atoms with Gasteiger partial charge in [-0.2, -0.15) is 0 Å². The number of carbonyl (C=O) groups excluding carboxylic acids is 1. The molecule has 0 aliphatic rings. The number of esters is 1. The van der Waals surface area contributed by atoms with Crippen molar-refractivity contribution in [3.05, 3.63) is 89.5 Å². The highest BCUT2D eigenvalue weighted by Crippen LogP contribution is 2.26. The normalized spacial score (nSPS) is 11.1. The zero-order valence-corrected chi connectivity index (χ0v) is 18.4. The van der Waals surface area contributed by atoms with Crippen molar-refractivity contribution in [1.29, 1.82) is 0 Å². The molecule has 0 saturated heterocycles. The zero-order chi connectivity index (χ0) is 22.2. The van der Waals surface area contributed by atoms with E-state index in [0.29, 0.717) is 18.1 Å². The van der Waals surface area contributed by atoms with Crippen LogP contribution < -0.4 is 14.9 Å². The standard InChI is InChI=1S/C25H23BO4S/c1-17-15-21(9-12-24(17)30-16-25(27)28-2)29-14-13-23(18-3-7-20(26)8-4-18)19-5-10-22(31)11-6-19/h3-13,15,31H,14,16H2,1-2H3/b23-13+. The van der Waals surface area contributed by atoms with Gasteiger partial charge in [-0.15, -0.1) is 12.6 Å². The number of hydrogen-bond acceptors (Lipinski definition) is 5. The van der Waals surface area contributed by atoms with Crippen LogP contribution in [0.25, 0.3) is 5.57 Å². The van der Waals surface area contributed by atoms with E-state index >= 15 is 0 Å². The van der Waals surface area contributed by atoms with Crippen molar-refractivity contribution in [2.24, 2.45) is 0 Å². The third-order valence-corrected chi connectivity index (χ3v) is 4.96. The first-order chi connectivity index (χ1) is 15.0. The van der Waals surface area contributed by atoms with Crippen LogP contribution in [0.1, 0.15) is 16.7 Å². The van der Waals surface area contributed by atoms with Crippen LogP contribution in [0.2, 0.25) is 0 Å². The minimum absolute atomic E-state index is 0.129. The number of rotatable bonds is 8. The van der Waals surface area contributed by atoms with E-state index < -0.39 is 5.97 Å². The Hall–Kier alpha value is -3.12. The van der Waals surface area contributed by atoms with Crippen molar-refractivity contribution in [3.63, 3.8) is 0 Å². The van der Waals surface area contributed by atoms with Crippen molar-refractivity contribution in [2.75, 3.05) is 20.3 Å². The van der Waals surface area contributed by atoms with Gasteiger partial charge in [-0.3, -0.25) is 0 Å². The molecule has 0 spiro atoms. The molecular weight excluding hydrogens is 407 g/mol. The molecule has 0 atom stereocenters. The quantitative estimate of drug-likeness (QED) is 0.332. The van der Waals surface area contributed by atoms with Gasteiger partial charge in [-0.1, -0.05) is 41.9 Å². The molecule has 2 radical (unpaired) electrons. The average Bonchev–Trinajstić information content (AvgIpc) is 2.77. The van der Waals surface area contributed by atoms with Crippen LogP contribution in [0.5, 0.6) is 11.5 Å². The molecule has 0 saturated carbocycles. The molecule has 3 rings (SSSR count). The van der Waals surface area contributed by atoms with Gasteiger partial charge in [0.25, 0.3) is 0 Å². The Morgan fingerprint density at radius 2 is 1.61 bits per heavy atom. The molecule has 0 N–H and O–H groups in total. The van der Waals surface area contributed by atoms with Gasteiger partial charge in [0, 0.05) is 4.90 Å². The molecule has 0 amide bonds. The predicted molar refractivity (Wildman–Crippen MR) is 127 cm³/mol. The average molecular weight is 430 g/mol. The summed E-state index contributed by atoms with van der Waals surface area (Å²) < 4.78 is 16.0. The second-order valence-corrected chi connectivity index (χ2v) is 7.41. The van der Waals surface area contributed by atoms with Crippen molar-refractivity contribution >= 4 is 37.5 Å². The van der Waals surface area contributed by atoms with Crippen molar-refractivity contribution in [1.82, 2.24) is 0 Å². The summed E-state index contributed by atoms with van der Waals surface area (Å²) in [5, 5.41) is 0. The van der Waals surface area contributed by atoms with Gasteiger partial charge in [0.15, 0.2) is 6.61 Å². The van der Waals surface area contributed by atoms with Gasteiger partial charge in [-0.05, 0) is 65.6 Å². The SMILES string of the molecule is [B]c1ccc(/C(=C\COc2ccc(OCC(=O)OC)c(C)c2)c2ccc(S)cc2)cc1. The number of methoxy groups -OCH3 is 1. The summed E-state index contributed by atoms with van der Waals surface area (Å²) in [6.45, 7) is 2.15. The molecule has 0 fully saturated rings. The number of benzene rings is 3. The maximum atomic E-state index is 11.3. The van der Waals surface area contributed by atoms with Crippen LogP contribution in [-0.2, 0) is 9.53 Å². The van der Waals surface area contributed by atoms with E-state index in [1.165, 1.54) is 7.11 Å². The molecule has 0 aliphatic carbocycles. The van der Waals surface area contributed by atoms with Crippen LogP contribution in [0, 0.1) is 6.92 Å². The maximum Gasteiger partial charge on any atom is 0.343 e. The van der Waals surface area contributed by atoms with E-state index in [-0.39, 0.29) is 6.61 Å². The predicted octanol–water partition coefficient (Wildman–Crippen LogP) is 4.14. The first-order valence-corrected chi connectivity index (χ1v) is 10.2. The van der Waals surface area contributed by atoms with Crippen LogP contribution in [0.15, 0.2) is 77.7 Å². The summed E-state index contributed by atoms with van der Waals surface area (Å²) in [7, 11) is 7.17. The summed E-state index contributed by atoms with van der Waals surface area (Å²) in [6, 6.07) is 21.2. The minimum Gasteiger partial charge on any atom is -0.489 e. The van der Waals surface area contributed by atoms with E-state index in [9.17, 15) is 4.79 Å². The second-order valence-electron chi connectivity index (χ2n) is 6.89. The van der Waals surface area contributed by atoms with E-state index in [0.717, 1.165) is 32.6 Å². The monoisotopic (exact) mass is 430 g/mol. The lowest BCUT2D eigenvalue weighted by molar-refractivity contribution is -0.142. The molecule has 0 unspecified atom stereocenters. The fourth-order valence-electron chi connectivity index (χ4n) is 3.00. The van der Waals surface area contributed by atoms with Crippen molar-refractivity contribution in [2.45, 2.75) is 11.8 Å². The van der Waals surface area contributed by atoms with Crippen molar-refractivity contribution < 1.29 is 19.0 Å². The summed E-state index contributed by atoms with van der Waals surface area (Å²) in [5.41, 5.74) is 4.74. The minimum atomic E-state index is -0.425. The molecule has 0 heterocycles. The lowest BCUT2D eigenvalue weighted by Crippen LogP contribution is -2.13. The third-order valence-electron chi connectivity index (χ3n) is 4.66. The fourth-order valence-corrected chi connectivity index (χ4v) is 3.15. The van der Waals surface area contributed by atoms with Crippen LogP contribution in [0.3, 0.4) is 0 Å². The van der Waals surface area contributed by atoms with Crippen LogP contribution in [0.4, 0.5) is 0 Å². The number of hydrogen-bond donors (Lipinski definition) is 1. The summed E-state index contributed by atoms with van der Waals surface area (Å²) in [4.78, 5) is 12.2. The van der Waals surface area contributed by atoms with Gasteiger partial charge in [0.2, 0.25) is 0 Å². The number of ether oxygens (including phenoxy) is 3. The molecule has 4 nitrogen and oxygen atoms in total. The summed E-state index contributed by atoms with van der Waals surface area (Å²) in [6.07, 6.45) is 2.04. The van der Waals surface area contributed by atoms with E-state index in [1.54, 1.807) is 6.07 Å². The van der Waals surface area contributed by atoms with E-state index in [1.807, 2.05) is 73.7 Å². The number of aryl methyl sites for hydroxylation is 1. The highest BCUT2D eigenvalue weighted by Gasteiger charge is 2.07. The first kappa shape index (κ1) is 22.6. The van der Waals surface area contributed by atoms with Gasteiger partial charge < -0.3 is 14.2 Å². The largest absolute Gasteiger partial charge is 0.489 e. The Kier molecular flexibility index (Phi) is 7.85. The Morgan fingerprint density at radius 1 is 0.968 bits per heavy atom. The van der Waals surface area contributed by atoms with Crippen LogP contribution >= 0.6 is 12.6 Å². The molecule has 6 heteroatoms. The lowest BCUT2D eigenvalue weighted by atomic mass is 9.91. The molecule has 3 aromatic rings. The fraction of sp³-hybridized carbons (Fsp3) is 0.160. The van der Waals surface area contributed by atoms with E-state index in [2.05, 4.69) is 17.4 Å². The molecule has 3 aromatic carbocycles. The Bertz CT molecular complexity index is 1010. The summed E-state index contributed by atoms with van der Waals surface area (Å²) >= 11 is 4.37. The third kappa shape index (κ3) is 6.43. The Balaban J connectivity index is 1.75. The van der Waals surface area contributed by atoms with Gasteiger partial charge >= 0.3 is 5.97 Å². The highest BCUT2D eigenvalue weighted by atomic mass is 32.1. The molecule has 0 bridgehead atoms. The van der Waals surface area contributed by atoms with Gasteiger partial charge in [0.05, 0.1) is 7.11 Å². The Labute approximate surface area is 189 Å². The van der Waals surface area contributed by atoms with Gasteiger partial charge in [-0.25, -0.2) is 4.79 Å². The zero-order valence-electron chi connectivity index (χ0n) is 17.5.